The SMILES string of the molecule is FC(F)(F)c1cncc(-c2ccc3ncc(-c4ccc(N5CCNCC5)nc4)n3c2)c1. The summed E-state index contributed by atoms with van der Waals surface area (Å²) in [5.41, 5.74) is 2.63. The number of alkyl halides is 3. The zero-order chi connectivity index (χ0) is 21.4. The standard InChI is InChI=1S/C22H19F3N6/c23-22(24,25)18-9-17(10-27-12-18)16-2-4-21-29-13-19(31(21)14-16)15-1-3-20(28-11-15)30-7-5-26-6-8-30/h1-4,9-14,26H,5-8H2. The molecule has 5 rings (SSSR count). The predicted molar refractivity (Wildman–Crippen MR) is 112 cm³/mol. The van der Waals surface area contributed by atoms with Crippen molar-refractivity contribution in [2.24, 2.45) is 0 Å². The fraction of sp³-hybridized carbons (Fsp3) is 0.227. The van der Waals surface area contributed by atoms with Crippen LogP contribution in [0.4, 0.5) is 19.0 Å². The second kappa shape index (κ2) is 7.66. The number of aromatic nitrogens is 4. The quantitative estimate of drug-likeness (QED) is 0.541. The lowest BCUT2D eigenvalue weighted by atomic mass is 10.1. The molecule has 1 saturated heterocycles. The van der Waals surface area contributed by atoms with Crippen molar-refractivity contribution in [3.8, 4) is 22.4 Å². The molecular formula is C22H19F3N6. The molecule has 0 spiro atoms. The Hall–Kier alpha value is -3.46. The van der Waals surface area contributed by atoms with Gasteiger partial charge in [-0.15, -0.1) is 0 Å². The van der Waals surface area contributed by atoms with Crippen LogP contribution >= 0.6 is 0 Å². The van der Waals surface area contributed by atoms with E-state index in [1.807, 2.05) is 16.5 Å². The van der Waals surface area contributed by atoms with E-state index in [4.69, 9.17) is 0 Å². The number of nitrogens with one attached hydrogen (secondary N) is 1. The summed E-state index contributed by atoms with van der Waals surface area (Å²) in [6, 6.07) is 8.61. The molecule has 0 radical (unpaired) electrons. The number of rotatable bonds is 3. The predicted octanol–water partition coefficient (Wildman–Crippen LogP) is 3.89. The molecule has 0 bridgehead atoms. The van der Waals surface area contributed by atoms with Crippen LogP contribution in [0.5, 0.6) is 0 Å². The minimum absolute atomic E-state index is 0.392. The minimum Gasteiger partial charge on any atom is -0.354 e. The lowest BCUT2D eigenvalue weighted by Crippen LogP contribution is -2.43. The molecule has 0 amide bonds. The molecule has 4 aromatic heterocycles. The molecule has 1 aliphatic heterocycles. The first-order chi connectivity index (χ1) is 15.0. The van der Waals surface area contributed by atoms with Crippen molar-refractivity contribution >= 4 is 11.5 Å². The van der Waals surface area contributed by atoms with E-state index in [2.05, 4.69) is 25.2 Å². The van der Waals surface area contributed by atoms with E-state index in [0.29, 0.717) is 16.8 Å². The Morgan fingerprint density at radius 2 is 1.65 bits per heavy atom. The first kappa shape index (κ1) is 19.5. The summed E-state index contributed by atoms with van der Waals surface area (Å²) < 4.78 is 41.1. The summed E-state index contributed by atoms with van der Waals surface area (Å²) in [5.74, 6) is 0.926. The third-order valence-corrected chi connectivity index (χ3v) is 5.39. The number of anilines is 1. The Labute approximate surface area is 176 Å². The molecule has 1 aliphatic rings. The molecule has 31 heavy (non-hydrogen) atoms. The molecule has 0 unspecified atom stereocenters. The molecule has 0 aliphatic carbocycles. The van der Waals surface area contributed by atoms with Gasteiger partial charge in [-0.25, -0.2) is 9.97 Å². The molecule has 0 atom stereocenters. The first-order valence-corrected chi connectivity index (χ1v) is 9.91. The van der Waals surface area contributed by atoms with Gasteiger partial charge in [-0.05, 0) is 30.3 Å². The number of imidazole rings is 1. The Balaban J connectivity index is 1.50. The van der Waals surface area contributed by atoms with E-state index in [1.54, 1.807) is 30.7 Å². The first-order valence-electron chi connectivity index (χ1n) is 9.91. The normalized spacial score (nSPS) is 14.9. The van der Waals surface area contributed by atoms with Crippen LogP contribution in [-0.4, -0.2) is 45.5 Å². The Morgan fingerprint density at radius 1 is 0.839 bits per heavy atom. The molecular weight excluding hydrogens is 405 g/mol. The highest BCUT2D eigenvalue weighted by molar-refractivity contribution is 5.69. The zero-order valence-electron chi connectivity index (χ0n) is 16.5. The molecule has 158 valence electrons. The molecule has 6 nitrogen and oxygen atoms in total. The summed E-state index contributed by atoms with van der Waals surface area (Å²) in [6.07, 6.45) is 3.14. The molecule has 1 fully saturated rings. The highest BCUT2D eigenvalue weighted by atomic mass is 19.4. The van der Waals surface area contributed by atoms with Gasteiger partial charge >= 0.3 is 6.18 Å². The maximum Gasteiger partial charge on any atom is 0.417 e. The van der Waals surface area contributed by atoms with Crippen LogP contribution in [0.1, 0.15) is 5.56 Å². The van der Waals surface area contributed by atoms with Crippen molar-refractivity contribution in [2.75, 3.05) is 31.1 Å². The van der Waals surface area contributed by atoms with Crippen molar-refractivity contribution in [1.29, 1.82) is 0 Å². The highest BCUT2D eigenvalue weighted by Crippen LogP contribution is 2.32. The van der Waals surface area contributed by atoms with Gasteiger partial charge in [0.05, 0.1) is 17.5 Å². The number of piperazine rings is 1. The van der Waals surface area contributed by atoms with Gasteiger partial charge in [-0.3, -0.25) is 9.38 Å². The van der Waals surface area contributed by atoms with Gasteiger partial charge < -0.3 is 10.2 Å². The second-order valence-electron chi connectivity index (χ2n) is 7.39. The van der Waals surface area contributed by atoms with Gasteiger partial charge in [0.2, 0.25) is 0 Å². The third-order valence-electron chi connectivity index (χ3n) is 5.39. The molecule has 4 aromatic rings. The van der Waals surface area contributed by atoms with Crippen LogP contribution in [-0.2, 0) is 6.18 Å². The summed E-state index contributed by atoms with van der Waals surface area (Å²) in [4.78, 5) is 15.0. The van der Waals surface area contributed by atoms with E-state index in [9.17, 15) is 13.2 Å². The number of nitrogens with zero attached hydrogens (tertiary/aromatic N) is 5. The average Bonchev–Trinajstić information content (AvgIpc) is 3.23. The van der Waals surface area contributed by atoms with Crippen LogP contribution in [0, 0.1) is 0 Å². The van der Waals surface area contributed by atoms with Crippen molar-refractivity contribution in [3.63, 3.8) is 0 Å². The van der Waals surface area contributed by atoms with Crippen LogP contribution in [0.2, 0.25) is 0 Å². The fourth-order valence-corrected chi connectivity index (χ4v) is 3.74. The van der Waals surface area contributed by atoms with Crippen molar-refractivity contribution in [1.82, 2.24) is 24.7 Å². The van der Waals surface area contributed by atoms with E-state index in [-0.39, 0.29) is 0 Å². The second-order valence-corrected chi connectivity index (χ2v) is 7.39. The van der Waals surface area contributed by atoms with Crippen molar-refractivity contribution in [3.05, 3.63) is 66.9 Å². The van der Waals surface area contributed by atoms with Crippen LogP contribution in [0.15, 0.2) is 61.3 Å². The zero-order valence-corrected chi connectivity index (χ0v) is 16.5. The summed E-state index contributed by atoms with van der Waals surface area (Å²) in [7, 11) is 0. The number of halogens is 3. The summed E-state index contributed by atoms with van der Waals surface area (Å²) >= 11 is 0. The van der Waals surface area contributed by atoms with Gasteiger partial charge in [-0.2, -0.15) is 13.2 Å². The van der Waals surface area contributed by atoms with E-state index < -0.39 is 11.7 Å². The van der Waals surface area contributed by atoms with E-state index in [0.717, 1.165) is 55.5 Å². The maximum atomic E-state index is 13.1. The minimum atomic E-state index is -4.44. The largest absolute Gasteiger partial charge is 0.417 e. The Bertz CT molecular complexity index is 1210. The summed E-state index contributed by atoms with van der Waals surface area (Å²) in [6.45, 7) is 3.69. The van der Waals surface area contributed by atoms with Gasteiger partial charge in [0.15, 0.2) is 0 Å². The Kier molecular flexibility index (Phi) is 4.82. The molecule has 0 saturated carbocycles. The monoisotopic (exact) mass is 424 g/mol. The molecule has 1 N–H and O–H groups in total. The topological polar surface area (TPSA) is 58.4 Å². The summed E-state index contributed by atoms with van der Waals surface area (Å²) in [5, 5.41) is 3.32. The van der Waals surface area contributed by atoms with Crippen molar-refractivity contribution < 1.29 is 13.2 Å². The van der Waals surface area contributed by atoms with Gasteiger partial charge in [0.1, 0.15) is 11.5 Å². The van der Waals surface area contributed by atoms with E-state index in [1.165, 1.54) is 6.20 Å². The lowest BCUT2D eigenvalue weighted by Gasteiger charge is -2.28. The smallest absolute Gasteiger partial charge is 0.354 e. The van der Waals surface area contributed by atoms with Gasteiger partial charge in [0.25, 0.3) is 0 Å². The van der Waals surface area contributed by atoms with Crippen molar-refractivity contribution in [2.45, 2.75) is 6.18 Å². The molecule has 0 aromatic carbocycles. The number of pyridine rings is 3. The number of fused-ring (bicyclic) bond motifs is 1. The average molecular weight is 424 g/mol. The maximum absolute atomic E-state index is 13.1. The molecule has 5 heterocycles. The van der Waals surface area contributed by atoms with Gasteiger partial charge in [0, 0.05) is 67.7 Å². The van der Waals surface area contributed by atoms with Gasteiger partial charge in [-0.1, -0.05) is 0 Å². The number of hydrogen-bond donors (Lipinski definition) is 1. The van der Waals surface area contributed by atoms with E-state index >= 15 is 0 Å². The molecule has 9 heteroatoms. The number of hydrogen-bond acceptors (Lipinski definition) is 5. The van der Waals surface area contributed by atoms with Crippen LogP contribution < -0.4 is 10.2 Å². The third kappa shape index (κ3) is 3.84. The van der Waals surface area contributed by atoms with Crippen LogP contribution in [0.25, 0.3) is 28.0 Å². The fourth-order valence-electron chi connectivity index (χ4n) is 3.74. The lowest BCUT2D eigenvalue weighted by molar-refractivity contribution is -0.137. The van der Waals surface area contributed by atoms with Crippen LogP contribution in [0.3, 0.4) is 0 Å². The Morgan fingerprint density at radius 3 is 2.39 bits per heavy atom. The highest BCUT2D eigenvalue weighted by Gasteiger charge is 2.31.